The lowest BCUT2D eigenvalue weighted by atomic mass is 9.87. The smallest absolute Gasteiger partial charge is 0.248 e. The van der Waals surface area contributed by atoms with E-state index in [1.165, 1.54) is 4.90 Å². The van der Waals surface area contributed by atoms with E-state index in [0.717, 1.165) is 31.7 Å². The van der Waals surface area contributed by atoms with Crippen molar-refractivity contribution in [2.24, 2.45) is 0 Å². The minimum atomic E-state index is -0.549. The first-order valence-electron chi connectivity index (χ1n) is 7.98. The average molecular weight is 330 g/mol. The number of rotatable bonds is 6. The van der Waals surface area contributed by atoms with Crippen LogP contribution >= 0.6 is 11.8 Å². The van der Waals surface area contributed by atoms with Crippen molar-refractivity contribution in [1.29, 1.82) is 0 Å². The Hall–Kier alpha value is -1.79. The molecule has 1 aliphatic heterocycles. The van der Waals surface area contributed by atoms with Crippen LogP contribution in [0.4, 0.5) is 0 Å². The van der Waals surface area contributed by atoms with Gasteiger partial charge in [-0.25, -0.2) is 0 Å². The van der Waals surface area contributed by atoms with Crippen LogP contribution in [0.2, 0.25) is 0 Å². The lowest BCUT2D eigenvalue weighted by Gasteiger charge is -2.36. The number of hydrogen-bond donors (Lipinski definition) is 2. The fraction of sp³-hybridized carbons (Fsp3) is 0.412. The lowest BCUT2D eigenvalue weighted by molar-refractivity contribution is -0.131. The molecule has 0 atom stereocenters. The molecule has 0 saturated carbocycles. The second kappa shape index (κ2) is 7.66. The second-order valence-corrected chi connectivity index (χ2v) is 6.82. The first-order valence-corrected chi connectivity index (χ1v) is 8.97. The van der Waals surface area contributed by atoms with E-state index in [1.807, 2.05) is 35.1 Å². The minimum Gasteiger partial charge on any atom is -0.353 e. The van der Waals surface area contributed by atoms with E-state index in [9.17, 15) is 4.79 Å². The van der Waals surface area contributed by atoms with Crippen LogP contribution in [-0.2, 0) is 10.3 Å². The highest BCUT2D eigenvalue weighted by Crippen LogP contribution is 2.27. The predicted octanol–water partition coefficient (Wildman–Crippen LogP) is 1.87. The first kappa shape index (κ1) is 16.1. The molecule has 0 radical (unpaired) electrons. The third-order valence-electron chi connectivity index (χ3n) is 4.20. The first-order chi connectivity index (χ1) is 11.3. The van der Waals surface area contributed by atoms with Crippen molar-refractivity contribution in [1.82, 2.24) is 20.4 Å². The van der Waals surface area contributed by atoms with Gasteiger partial charge in [-0.1, -0.05) is 18.2 Å². The molecule has 23 heavy (non-hydrogen) atoms. The summed E-state index contributed by atoms with van der Waals surface area (Å²) in [4.78, 5) is 14.0. The summed E-state index contributed by atoms with van der Waals surface area (Å²) in [6.45, 7) is 2.34. The quantitative estimate of drug-likeness (QED) is 0.627. The summed E-state index contributed by atoms with van der Waals surface area (Å²) in [5.41, 5.74) is -0.549. The minimum absolute atomic E-state index is 0.0800. The summed E-state index contributed by atoms with van der Waals surface area (Å²) in [6.07, 6.45) is 5.17. The third kappa shape index (κ3) is 3.76. The van der Waals surface area contributed by atoms with Crippen LogP contribution in [0.25, 0.3) is 0 Å². The van der Waals surface area contributed by atoms with Gasteiger partial charge in [-0.15, -0.1) is 11.8 Å². The van der Waals surface area contributed by atoms with Gasteiger partial charge in [0.1, 0.15) is 5.54 Å². The standard InChI is InChI=1S/C17H22N4OS/c22-16(19-12-14-23-15-5-2-1-3-6-15)17(7-10-18-11-8-17)21-13-4-9-20-21/h1-6,9,13,18H,7-8,10-12,14H2,(H,19,22). The van der Waals surface area contributed by atoms with Gasteiger partial charge in [0, 0.05) is 29.6 Å². The van der Waals surface area contributed by atoms with Crippen molar-refractivity contribution in [3.8, 4) is 0 Å². The molecule has 1 saturated heterocycles. The highest BCUT2D eigenvalue weighted by atomic mass is 32.2. The van der Waals surface area contributed by atoms with E-state index in [1.54, 1.807) is 18.0 Å². The zero-order chi connectivity index (χ0) is 16.0. The van der Waals surface area contributed by atoms with E-state index < -0.39 is 5.54 Å². The summed E-state index contributed by atoms with van der Waals surface area (Å²) < 4.78 is 1.83. The molecule has 0 spiro atoms. The molecule has 3 rings (SSSR count). The number of carbonyl (C=O) groups excluding carboxylic acids is 1. The van der Waals surface area contributed by atoms with Crippen LogP contribution in [-0.4, -0.2) is 41.1 Å². The van der Waals surface area contributed by atoms with Crippen LogP contribution in [0.1, 0.15) is 12.8 Å². The van der Waals surface area contributed by atoms with Crippen LogP contribution in [0.15, 0.2) is 53.7 Å². The molecule has 1 aromatic carbocycles. The van der Waals surface area contributed by atoms with E-state index >= 15 is 0 Å². The van der Waals surface area contributed by atoms with Crippen molar-refractivity contribution in [2.75, 3.05) is 25.4 Å². The molecule has 2 aromatic rings. The van der Waals surface area contributed by atoms with Crippen LogP contribution in [0.5, 0.6) is 0 Å². The highest BCUT2D eigenvalue weighted by Gasteiger charge is 2.41. The van der Waals surface area contributed by atoms with Gasteiger partial charge in [0.05, 0.1) is 0 Å². The number of nitrogens with one attached hydrogen (secondary N) is 2. The van der Waals surface area contributed by atoms with Crippen molar-refractivity contribution in [3.05, 3.63) is 48.8 Å². The van der Waals surface area contributed by atoms with E-state index in [0.29, 0.717) is 6.54 Å². The van der Waals surface area contributed by atoms with Gasteiger partial charge < -0.3 is 10.6 Å². The Balaban J connectivity index is 1.57. The molecule has 2 heterocycles. The molecule has 1 aromatic heterocycles. The molecule has 1 aliphatic rings. The number of carbonyl (C=O) groups is 1. The zero-order valence-electron chi connectivity index (χ0n) is 13.1. The van der Waals surface area contributed by atoms with E-state index in [4.69, 9.17) is 0 Å². The maximum Gasteiger partial charge on any atom is 0.248 e. The topological polar surface area (TPSA) is 59.0 Å². The molecule has 0 bridgehead atoms. The van der Waals surface area contributed by atoms with Crippen LogP contribution in [0.3, 0.4) is 0 Å². The fourth-order valence-electron chi connectivity index (χ4n) is 2.94. The molecular formula is C17H22N4OS. The maximum atomic E-state index is 12.8. The molecule has 0 unspecified atom stereocenters. The predicted molar refractivity (Wildman–Crippen MR) is 92.5 cm³/mol. The summed E-state index contributed by atoms with van der Waals surface area (Å²) in [5, 5.41) is 10.8. The summed E-state index contributed by atoms with van der Waals surface area (Å²) >= 11 is 1.76. The van der Waals surface area contributed by atoms with Crippen molar-refractivity contribution in [3.63, 3.8) is 0 Å². The molecule has 0 aliphatic carbocycles. The summed E-state index contributed by atoms with van der Waals surface area (Å²) in [6, 6.07) is 12.1. The Kier molecular flexibility index (Phi) is 5.35. The number of aromatic nitrogens is 2. The maximum absolute atomic E-state index is 12.8. The average Bonchev–Trinajstić information content (AvgIpc) is 3.15. The Bertz CT molecular complexity index is 609. The monoisotopic (exact) mass is 330 g/mol. The Morgan fingerprint density at radius 1 is 1.26 bits per heavy atom. The molecule has 122 valence electrons. The molecular weight excluding hydrogens is 308 g/mol. The van der Waals surface area contributed by atoms with Gasteiger partial charge in [0.2, 0.25) is 5.91 Å². The SMILES string of the molecule is O=C(NCCSc1ccccc1)C1(n2cccn2)CCNCC1. The van der Waals surface area contributed by atoms with Gasteiger partial charge in [0.15, 0.2) is 0 Å². The van der Waals surface area contributed by atoms with Gasteiger partial charge in [0.25, 0.3) is 0 Å². The van der Waals surface area contributed by atoms with Gasteiger partial charge >= 0.3 is 0 Å². The number of piperidine rings is 1. The van der Waals surface area contributed by atoms with E-state index in [-0.39, 0.29) is 5.91 Å². The lowest BCUT2D eigenvalue weighted by Crippen LogP contribution is -2.54. The largest absolute Gasteiger partial charge is 0.353 e. The Morgan fingerprint density at radius 3 is 2.74 bits per heavy atom. The van der Waals surface area contributed by atoms with Crippen molar-refractivity contribution < 1.29 is 4.79 Å². The number of hydrogen-bond acceptors (Lipinski definition) is 4. The fourth-order valence-corrected chi connectivity index (χ4v) is 3.73. The van der Waals surface area contributed by atoms with Crippen LogP contribution < -0.4 is 10.6 Å². The summed E-state index contributed by atoms with van der Waals surface area (Å²) in [7, 11) is 0. The number of benzene rings is 1. The number of thioether (sulfide) groups is 1. The Morgan fingerprint density at radius 2 is 2.04 bits per heavy atom. The van der Waals surface area contributed by atoms with Crippen LogP contribution in [0, 0.1) is 0 Å². The molecule has 2 N–H and O–H groups in total. The van der Waals surface area contributed by atoms with Gasteiger partial charge in [-0.05, 0) is 44.1 Å². The number of amides is 1. The second-order valence-electron chi connectivity index (χ2n) is 5.65. The molecule has 1 fully saturated rings. The highest BCUT2D eigenvalue weighted by molar-refractivity contribution is 7.99. The van der Waals surface area contributed by atoms with Gasteiger partial charge in [-0.2, -0.15) is 5.10 Å². The zero-order valence-corrected chi connectivity index (χ0v) is 13.9. The number of nitrogens with zero attached hydrogens (tertiary/aromatic N) is 2. The van der Waals surface area contributed by atoms with Gasteiger partial charge in [-0.3, -0.25) is 9.48 Å². The normalized spacial score (nSPS) is 16.9. The molecule has 5 nitrogen and oxygen atoms in total. The van der Waals surface area contributed by atoms with Crippen molar-refractivity contribution >= 4 is 17.7 Å². The summed E-state index contributed by atoms with van der Waals surface area (Å²) in [5.74, 6) is 0.944. The Labute approximate surface area is 140 Å². The third-order valence-corrected chi connectivity index (χ3v) is 5.21. The van der Waals surface area contributed by atoms with E-state index in [2.05, 4.69) is 27.9 Å². The molecule has 1 amide bonds. The van der Waals surface area contributed by atoms with Crippen molar-refractivity contribution in [2.45, 2.75) is 23.3 Å². The molecule has 6 heteroatoms.